The van der Waals surface area contributed by atoms with Crippen LogP contribution in [-0.2, 0) is 11.1 Å². The summed E-state index contributed by atoms with van der Waals surface area (Å²) in [7, 11) is 0. The first-order valence-electron chi connectivity index (χ1n) is 13.6. The van der Waals surface area contributed by atoms with Crippen LogP contribution in [0, 0.1) is 0 Å². The van der Waals surface area contributed by atoms with Crippen LogP contribution in [0.25, 0.3) is 0 Å². The van der Waals surface area contributed by atoms with E-state index in [1.165, 1.54) is 11.8 Å². The molecule has 4 nitrogen and oxygen atoms in total. The third kappa shape index (κ3) is 14.2. The molecule has 220 valence electrons. The van der Waals surface area contributed by atoms with Gasteiger partial charge in [0.25, 0.3) is 0 Å². The Labute approximate surface area is 270 Å². The Kier molecular flexibility index (Phi) is 32.9. The minimum atomic E-state index is -0.446. The van der Waals surface area contributed by atoms with Crippen LogP contribution in [0.5, 0.6) is 0 Å². The van der Waals surface area contributed by atoms with Crippen molar-refractivity contribution in [3.05, 3.63) is 71.8 Å². The number of nitrogens with two attached hydrogens (primary N) is 1. The highest BCUT2D eigenvalue weighted by atomic mass is 32.2. The van der Waals surface area contributed by atoms with Crippen LogP contribution in [0.1, 0.15) is 94.2 Å². The normalized spacial score (nSPS) is 19.0. The number of amidine groups is 1. The maximum atomic E-state index is 5.84. The van der Waals surface area contributed by atoms with E-state index < -0.39 is 5.54 Å². The molecule has 6 radical (unpaired) electrons. The van der Waals surface area contributed by atoms with Gasteiger partial charge in [0, 0.05) is 16.8 Å². The van der Waals surface area contributed by atoms with Crippen molar-refractivity contribution in [2.45, 2.75) is 94.2 Å². The molecule has 2 aliphatic heterocycles. The van der Waals surface area contributed by atoms with Gasteiger partial charge in [-0.25, -0.2) is 4.99 Å². The van der Waals surface area contributed by atoms with Crippen LogP contribution in [-0.4, -0.2) is 36.3 Å². The lowest BCUT2D eigenvalue weighted by molar-refractivity contribution is 0.610. The molecule has 10 heteroatoms. The predicted octanol–water partition coefficient (Wildman–Crippen LogP) is 8.37. The molecular weight excluding hydrogens is 566 g/mol. The Balaban J connectivity index is -0.000000150. The molecule has 1 fully saturated rings. The topological polar surface area (TPSA) is 62.4 Å². The van der Waals surface area contributed by atoms with E-state index in [0.717, 1.165) is 19.6 Å². The lowest BCUT2D eigenvalue weighted by Gasteiger charge is -2.24. The van der Waals surface area contributed by atoms with E-state index in [9.17, 15) is 0 Å². The summed E-state index contributed by atoms with van der Waals surface area (Å²) in [6.07, 6.45) is 0. The van der Waals surface area contributed by atoms with Gasteiger partial charge in [-0.05, 0) is 37.2 Å². The van der Waals surface area contributed by atoms with E-state index in [0.29, 0.717) is 10.9 Å². The molecule has 4 N–H and O–H groups in total. The number of thiocarbonyl (C=S) groups is 3. The summed E-state index contributed by atoms with van der Waals surface area (Å²) in [5.74, 6) is 0.522. The van der Waals surface area contributed by atoms with Crippen molar-refractivity contribution in [2.75, 3.05) is 0 Å². The summed E-state index contributed by atoms with van der Waals surface area (Å²) in [6.45, 7) is 24.0. The summed E-state index contributed by atoms with van der Waals surface area (Å²) in [4.78, 5) is 4.03. The smallest absolute Gasteiger partial charge is 0.195 e. The van der Waals surface area contributed by atoms with E-state index in [1.807, 2.05) is 125 Å². The third-order valence-corrected chi connectivity index (χ3v) is 6.82. The highest BCUT2D eigenvalue weighted by molar-refractivity contribution is 8.38. The van der Waals surface area contributed by atoms with Crippen molar-refractivity contribution in [3.8, 4) is 0 Å². The number of nitrogens with one attached hydrogen (secondary N) is 2. The minimum Gasteiger partial charge on any atom is -0.385 e. The maximum absolute atomic E-state index is 5.84. The number of nitrogens with zero attached hydrogens (tertiary/aromatic N) is 1. The molecule has 2 aromatic rings. The molecule has 0 amide bonds. The van der Waals surface area contributed by atoms with Gasteiger partial charge in [-0.15, -0.1) is 0 Å². The van der Waals surface area contributed by atoms with Crippen LogP contribution >= 0.6 is 48.4 Å². The van der Waals surface area contributed by atoms with Crippen molar-refractivity contribution in [1.29, 1.82) is 0 Å². The van der Waals surface area contributed by atoms with Gasteiger partial charge in [-0.1, -0.05) is 166 Å². The zero-order chi connectivity index (χ0) is 30.4. The van der Waals surface area contributed by atoms with Crippen LogP contribution in [0.3, 0.4) is 0 Å². The molecule has 2 atom stereocenters. The lowest BCUT2D eigenvalue weighted by Crippen LogP contribution is -2.46. The fraction of sp³-hybridized carbons (Fsp3) is 0.467. The number of benzene rings is 2. The first-order chi connectivity index (χ1) is 18.3. The van der Waals surface area contributed by atoms with Gasteiger partial charge < -0.3 is 16.4 Å². The lowest BCUT2D eigenvalue weighted by atomic mass is 9.92. The molecule has 2 aliphatic rings. The van der Waals surface area contributed by atoms with Crippen molar-refractivity contribution in [3.63, 3.8) is 0 Å². The number of aliphatic imine (C=N–C) groups is 1. The molecule has 40 heavy (non-hydrogen) atoms. The monoisotopic (exact) mass is 616 g/mol. The van der Waals surface area contributed by atoms with Gasteiger partial charge in [0.05, 0.1) is 4.20 Å². The molecule has 0 spiro atoms. The largest absolute Gasteiger partial charge is 0.385 e. The molecule has 2 heterocycles. The van der Waals surface area contributed by atoms with Crippen LogP contribution in [0.4, 0.5) is 0 Å². The molecule has 0 bridgehead atoms. The predicted molar refractivity (Wildman–Crippen MR) is 199 cm³/mol. The molecular formula is C30H50B2N4S4. The molecule has 1 saturated heterocycles. The summed E-state index contributed by atoms with van der Waals surface area (Å²) >= 11 is 16.9. The maximum Gasteiger partial charge on any atom is 0.195 e. The molecule has 4 rings (SSSR count). The fourth-order valence-corrected chi connectivity index (χ4v) is 5.08. The van der Waals surface area contributed by atoms with Gasteiger partial charge in [0.15, 0.2) is 5.11 Å². The second-order valence-electron chi connectivity index (χ2n) is 6.71. The van der Waals surface area contributed by atoms with Crippen LogP contribution in [0.2, 0.25) is 0 Å². The minimum absolute atomic E-state index is 0. The van der Waals surface area contributed by atoms with Crippen molar-refractivity contribution in [2.24, 2.45) is 10.7 Å². The van der Waals surface area contributed by atoms with E-state index in [2.05, 4.69) is 34.7 Å². The number of hydrogen-bond donors (Lipinski definition) is 3. The Bertz CT molecular complexity index is 921. The number of thioether (sulfide) groups is 1. The highest BCUT2D eigenvalue weighted by Gasteiger charge is 2.39. The Morgan fingerprint density at radius 2 is 0.975 bits per heavy atom. The van der Waals surface area contributed by atoms with Crippen molar-refractivity contribution < 1.29 is 0 Å². The first kappa shape index (κ1) is 48.0. The number of rotatable bonds is 2. The van der Waals surface area contributed by atoms with Crippen LogP contribution < -0.4 is 16.4 Å². The average Bonchev–Trinajstić information content (AvgIpc) is 3.42. The van der Waals surface area contributed by atoms with E-state index in [-0.39, 0.29) is 22.4 Å². The standard InChI is InChI=1S/C10H11N3S.C10H9NS3.5C2H6.2B/c1-10(7-5-3-2-4-6-7)8(11)12-9(14)13-10;1-10(7-5-3-2-4-6-7)8(12)14-9(13)11-10;5*1-2;;/h2-6H,1H3,(H3,11,12,13,14);2-6H,1H3,(H,11,13);5*1-2H3;;. The Morgan fingerprint density at radius 1 is 0.625 bits per heavy atom. The summed E-state index contributed by atoms with van der Waals surface area (Å²) in [5, 5.41) is 6.80. The van der Waals surface area contributed by atoms with Gasteiger partial charge in [-0.2, -0.15) is 0 Å². The molecule has 2 aromatic carbocycles. The average molecular weight is 617 g/mol. The highest BCUT2D eigenvalue weighted by Crippen LogP contribution is 2.35. The molecule has 0 saturated carbocycles. The van der Waals surface area contributed by atoms with Gasteiger partial charge in [0.2, 0.25) is 0 Å². The Morgan fingerprint density at radius 3 is 1.25 bits per heavy atom. The van der Waals surface area contributed by atoms with Gasteiger partial charge in [-0.3, -0.25) is 0 Å². The van der Waals surface area contributed by atoms with E-state index >= 15 is 0 Å². The van der Waals surface area contributed by atoms with E-state index in [4.69, 9.17) is 42.4 Å². The Hall–Kier alpha value is -1.74. The second-order valence-corrected chi connectivity index (χ2v) is 9.45. The van der Waals surface area contributed by atoms with Crippen LogP contribution in [0.15, 0.2) is 65.7 Å². The first-order valence-corrected chi connectivity index (χ1v) is 15.6. The zero-order valence-electron chi connectivity index (χ0n) is 26.6. The third-order valence-electron chi connectivity index (χ3n) is 4.74. The SMILES string of the molecule is CC.CC.CC.CC.CC.CC1(c2ccccc2)NC(=S)N=C1N.CC1(c2ccccc2)NC(=S)SC1=S.[B].[B]. The van der Waals surface area contributed by atoms with Crippen molar-refractivity contribution in [1.82, 2.24) is 10.6 Å². The summed E-state index contributed by atoms with van der Waals surface area (Å²) in [6, 6.07) is 20.1. The van der Waals surface area contributed by atoms with Gasteiger partial charge in [0.1, 0.15) is 21.2 Å². The zero-order valence-corrected chi connectivity index (χ0v) is 29.9. The van der Waals surface area contributed by atoms with Crippen molar-refractivity contribution >= 4 is 84.7 Å². The van der Waals surface area contributed by atoms with E-state index in [1.54, 1.807) is 0 Å². The second kappa shape index (κ2) is 27.4. The molecule has 0 aliphatic carbocycles. The van der Waals surface area contributed by atoms with Gasteiger partial charge >= 0.3 is 0 Å². The fourth-order valence-electron chi connectivity index (χ4n) is 2.95. The number of hydrogen-bond acceptors (Lipinski definition) is 5. The summed E-state index contributed by atoms with van der Waals surface area (Å²) in [5.41, 5.74) is 7.34. The summed E-state index contributed by atoms with van der Waals surface area (Å²) < 4.78 is 1.66. The quantitative estimate of drug-likeness (QED) is 0.232. The molecule has 2 unspecified atom stereocenters. The molecule has 0 aromatic heterocycles.